The third kappa shape index (κ3) is 3.57. The zero-order valence-corrected chi connectivity index (χ0v) is 11.8. The van der Waals surface area contributed by atoms with Crippen molar-refractivity contribution in [1.82, 2.24) is 20.1 Å². The lowest BCUT2D eigenvalue weighted by molar-refractivity contribution is 0.0951. The number of hydrogen-bond acceptors (Lipinski definition) is 4. The summed E-state index contributed by atoms with van der Waals surface area (Å²) in [5.41, 5.74) is 2.34. The van der Waals surface area contributed by atoms with Gasteiger partial charge < -0.3 is 10.6 Å². The van der Waals surface area contributed by atoms with Crippen LogP contribution in [0.2, 0.25) is 0 Å². The van der Waals surface area contributed by atoms with Crippen LogP contribution in [-0.4, -0.2) is 27.2 Å². The van der Waals surface area contributed by atoms with E-state index in [1.807, 2.05) is 13.2 Å². The maximum absolute atomic E-state index is 12.2. The maximum atomic E-state index is 12.2. The van der Waals surface area contributed by atoms with Crippen molar-refractivity contribution in [2.75, 3.05) is 11.9 Å². The number of pyridine rings is 1. The van der Waals surface area contributed by atoms with Crippen LogP contribution < -0.4 is 10.6 Å². The number of nitrogens with one attached hydrogen (secondary N) is 2. The van der Waals surface area contributed by atoms with E-state index >= 15 is 0 Å². The summed E-state index contributed by atoms with van der Waals surface area (Å²) in [5, 5.41) is 10.2. The van der Waals surface area contributed by atoms with Crippen LogP contribution in [0.4, 0.5) is 5.69 Å². The third-order valence-electron chi connectivity index (χ3n) is 2.84. The molecule has 6 nitrogen and oxygen atoms in total. The van der Waals surface area contributed by atoms with Crippen LogP contribution in [0, 0.1) is 0 Å². The Balaban J connectivity index is 2.01. The molecule has 2 aromatic rings. The number of hydrogen-bond donors (Lipinski definition) is 2. The Kier molecular flexibility index (Phi) is 4.70. The highest BCUT2D eigenvalue weighted by molar-refractivity contribution is 5.99. The molecule has 2 N–H and O–H groups in total. The third-order valence-corrected chi connectivity index (χ3v) is 2.84. The fourth-order valence-corrected chi connectivity index (χ4v) is 1.83. The largest absolute Gasteiger partial charge is 0.383 e. The van der Waals surface area contributed by atoms with Crippen LogP contribution in [-0.2, 0) is 13.6 Å². The van der Waals surface area contributed by atoms with E-state index in [1.165, 1.54) is 0 Å². The number of aromatic nitrogens is 3. The van der Waals surface area contributed by atoms with Crippen molar-refractivity contribution < 1.29 is 4.79 Å². The number of amides is 1. The molecule has 0 saturated heterocycles. The first kappa shape index (κ1) is 14.0. The second-order valence-corrected chi connectivity index (χ2v) is 4.55. The van der Waals surface area contributed by atoms with Crippen molar-refractivity contribution in [2.24, 2.45) is 7.05 Å². The van der Waals surface area contributed by atoms with Crippen LogP contribution in [0.25, 0.3) is 0 Å². The van der Waals surface area contributed by atoms with Gasteiger partial charge in [-0.05, 0) is 12.5 Å². The van der Waals surface area contributed by atoms with E-state index in [4.69, 9.17) is 0 Å². The molecule has 106 valence electrons. The first-order valence-electron chi connectivity index (χ1n) is 6.64. The van der Waals surface area contributed by atoms with E-state index in [0.717, 1.165) is 24.2 Å². The number of rotatable bonds is 6. The van der Waals surface area contributed by atoms with Gasteiger partial charge in [0.25, 0.3) is 5.91 Å². The van der Waals surface area contributed by atoms with Crippen molar-refractivity contribution >= 4 is 11.6 Å². The van der Waals surface area contributed by atoms with Crippen molar-refractivity contribution in [1.29, 1.82) is 0 Å². The molecule has 0 aliphatic rings. The molecule has 0 saturated carbocycles. The summed E-state index contributed by atoms with van der Waals surface area (Å²) in [6.07, 6.45) is 7.91. The highest BCUT2D eigenvalue weighted by atomic mass is 16.1. The van der Waals surface area contributed by atoms with Gasteiger partial charge in [-0.3, -0.25) is 14.5 Å². The van der Waals surface area contributed by atoms with Crippen LogP contribution in [0.5, 0.6) is 0 Å². The number of carbonyl (C=O) groups is 1. The van der Waals surface area contributed by atoms with E-state index in [1.54, 1.807) is 29.3 Å². The molecule has 0 aromatic carbocycles. The summed E-state index contributed by atoms with van der Waals surface area (Å²) >= 11 is 0. The molecule has 0 spiro atoms. The average Bonchev–Trinajstić information content (AvgIpc) is 2.88. The van der Waals surface area contributed by atoms with Gasteiger partial charge >= 0.3 is 0 Å². The van der Waals surface area contributed by atoms with Gasteiger partial charge in [0, 0.05) is 38.1 Å². The first-order valence-corrected chi connectivity index (χ1v) is 6.64. The highest BCUT2D eigenvalue weighted by Gasteiger charge is 2.11. The van der Waals surface area contributed by atoms with Gasteiger partial charge in [-0.1, -0.05) is 6.92 Å². The van der Waals surface area contributed by atoms with E-state index in [9.17, 15) is 4.79 Å². The Bertz CT molecular complexity index is 578. The summed E-state index contributed by atoms with van der Waals surface area (Å²) in [6, 6.07) is 1.72. The van der Waals surface area contributed by atoms with E-state index in [2.05, 4.69) is 27.6 Å². The van der Waals surface area contributed by atoms with Gasteiger partial charge in [0.1, 0.15) is 0 Å². The van der Waals surface area contributed by atoms with Crippen molar-refractivity contribution in [3.05, 3.63) is 42.0 Å². The van der Waals surface area contributed by atoms with E-state index in [0.29, 0.717) is 12.1 Å². The number of anilines is 1. The molecular weight excluding hydrogens is 254 g/mol. The molecule has 0 atom stereocenters. The Hall–Kier alpha value is -2.37. The molecule has 0 aliphatic carbocycles. The first-order chi connectivity index (χ1) is 9.70. The fourth-order valence-electron chi connectivity index (χ4n) is 1.83. The summed E-state index contributed by atoms with van der Waals surface area (Å²) in [7, 11) is 1.85. The lowest BCUT2D eigenvalue weighted by atomic mass is 10.2. The Labute approximate surface area is 118 Å². The summed E-state index contributed by atoms with van der Waals surface area (Å²) in [4.78, 5) is 16.2. The van der Waals surface area contributed by atoms with Crippen molar-refractivity contribution in [3.63, 3.8) is 0 Å². The molecule has 0 fully saturated rings. The fraction of sp³-hybridized carbons (Fsp3) is 0.357. The van der Waals surface area contributed by atoms with Crippen LogP contribution in [0.1, 0.15) is 29.3 Å². The van der Waals surface area contributed by atoms with E-state index < -0.39 is 0 Å². The Morgan fingerprint density at radius 3 is 2.95 bits per heavy atom. The van der Waals surface area contributed by atoms with E-state index in [-0.39, 0.29) is 5.91 Å². The number of aryl methyl sites for hydroxylation is 1. The lowest BCUT2D eigenvalue weighted by Crippen LogP contribution is -2.24. The summed E-state index contributed by atoms with van der Waals surface area (Å²) < 4.78 is 1.71. The summed E-state index contributed by atoms with van der Waals surface area (Å²) in [5.74, 6) is -0.116. The van der Waals surface area contributed by atoms with Gasteiger partial charge in [-0.15, -0.1) is 0 Å². The number of carbonyl (C=O) groups excluding carboxylic acids is 1. The second-order valence-electron chi connectivity index (χ2n) is 4.55. The minimum absolute atomic E-state index is 0.116. The molecule has 2 rings (SSSR count). The molecule has 0 radical (unpaired) electrons. The second kappa shape index (κ2) is 6.70. The Morgan fingerprint density at radius 2 is 2.25 bits per heavy atom. The topological polar surface area (TPSA) is 71.8 Å². The van der Waals surface area contributed by atoms with Gasteiger partial charge in [0.2, 0.25) is 0 Å². The molecule has 6 heteroatoms. The number of nitrogens with zero attached hydrogens (tertiary/aromatic N) is 3. The smallest absolute Gasteiger partial charge is 0.253 e. The Morgan fingerprint density at radius 1 is 1.40 bits per heavy atom. The average molecular weight is 273 g/mol. The molecule has 0 unspecified atom stereocenters. The zero-order chi connectivity index (χ0) is 14.4. The maximum Gasteiger partial charge on any atom is 0.253 e. The normalized spacial score (nSPS) is 10.3. The molecule has 1 amide bonds. The SMILES string of the molecule is CCCNc1cnccc1C(=O)NCc1cnn(C)c1. The van der Waals surface area contributed by atoms with Crippen molar-refractivity contribution in [2.45, 2.75) is 19.9 Å². The lowest BCUT2D eigenvalue weighted by Gasteiger charge is -2.10. The monoisotopic (exact) mass is 273 g/mol. The minimum atomic E-state index is -0.116. The van der Waals surface area contributed by atoms with Gasteiger partial charge in [0.15, 0.2) is 0 Å². The molecule has 20 heavy (non-hydrogen) atoms. The summed E-state index contributed by atoms with van der Waals surface area (Å²) in [6.45, 7) is 3.35. The van der Waals surface area contributed by atoms with Crippen LogP contribution in [0.15, 0.2) is 30.9 Å². The van der Waals surface area contributed by atoms with Gasteiger partial charge in [0.05, 0.1) is 23.6 Å². The standard InChI is InChI=1S/C14H19N5O/c1-3-5-16-13-9-15-6-4-12(13)14(20)17-7-11-8-18-19(2)10-11/h4,6,8-10,16H,3,5,7H2,1-2H3,(H,17,20). The predicted molar refractivity (Wildman–Crippen MR) is 77.4 cm³/mol. The molecule has 0 bridgehead atoms. The molecule has 2 aromatic heterocycles. The van der Waals surface area contributed by atoms with Crippen LogP contribution >= 0.6 is 0 Å². The van der Waals surface area contributed by atoms with Gasteiger partial charge in [-0.2, -0.15) is 5.10 Å². The molecule has 2 heterocycles. The highest BCUT2D eigenvalue weighted by Crippen LogP contribution is 2.13. The quantitative estimate of drug-likeness (QED) is 0.838. The van der Waals surface area contributed by atoms with Crippen molar-refractivity contribution in [3.8, 4) is 0 Å². The predicted octanol–water partition coefficient (Wildman–Crippen LogP) is 1.57. The zero-order valence-electron chi connectivity index (χ0n) is 11.8. The molecule has 0 aliphatic heterocycles. The van der Waals surface area contributed by atoms with Crippen LogP contribution in [0.3, 0.4) is 0 Å². The minimum Gasteiger partial charge on any atom is -0.383 e. The molecular formula is C14H19N5O. The van der Waals surface area contributed by atoms with Gasteiger partial charge in [-0.25, -0.2) is 0 Å².